The molecule has 2 aromatic carbocycles. The van der Waals surface area contributed by atoms with Crippen LogP contribution in [-0.4, -0.2) is 27.4 Å². The molecule has 0 spiro atoms. The fourth-order valence-electron chi connectivity index (χ4n) is 2.58. The van der Waals surface area contributed by atoms with Gasteiger partial charge in [-0.1, -0.05) is 22.4 Å². The van der Waals surface area contributed by atoms with E-state index in [-0.39, 0.29) is 11.5 Å². The summed E-state index contributed by atoms with van der Waals surface area (Å²) in [6, 6.07) is 14.6. The van der Waals surface area contributed by atoms with E-state index in [1.165, 1.54) is 17.7 Å². The first-order valence-electron chi connectivity index (χ1n) is 7.40. The van der Waals surface area contributed by atoms with Gasteiger partial charge in [0, 0.05) is 30.5 Å². The highest BCUT2D eigenvalue weighted by atomic mass is 16.4. The van der Waals surface area contributed by atoms with E-state index in [1.807, 2.05) is 31.2 Å². The van der Waals surface area contributed by atoms with Crippen LogP contribution in [0.3, 0.4) is 0 Å². The molecule has 1 aliphatic heterocycles. The Bertz CT molecular complexity index is 790. The maximum Gasteiger partial charge on any atom is 0.335 e. The van der Waals surface area contributed by atoms with Gasteiger partial charge in [0.25, 0.3) is 5.91 Å². The molecule has 23 heavy (non-hydrogen) atoms. The normalized spacial score (nSPS) is 14.6. The average Bonchev–Trinajstić information content (AvgIpc) is 2.56. The Kier molecular flexibility index (Phi) is 3.93. The van der Waals surface area contributed by atoms with Gasteiger partial charge >= 0.3 is 5.97 Å². The first-order valence-corrected chi connectivity index (χ1v) is 7.40. The van der Waals surface area contributed by atoms with Gasteiger partial charge in [0.2, 0.25) is 11.4 Å². The number of carboxylic acid groups (broad SMARTS) is 1. The van der Waals surface area contributed by atoms with Gasteiger partial charge < -0.3 is 5.11 Å². The molecule has 0 atom stereocenters. The van der Waals surface area contributed by atoms with Crippen molar-refractivity contribution in [3.63, 3.8) is 0 Å². The van der Waals surface area contributed by atoms with Gasteiger partial charge in [0.1, 0.15) is 0 Å². The molecule has 5 heteroatoms. The van der Waals surface area contributed by atoms with Crippen LogP contribution in [0.25, 0.3) is 0 Å². The molecule has 3 rings (SSSR count). The summed E-state index contributed by atoms with van der Waals surface area (Å²) in [5, 5.41) is 9.00. The summed E-state index contributed by atoms with van der Waals surface area (Å²) in [7, 11) is 0. The number of carboxylic acids is 1. The first kappa shape index (κ1) is 15.0. The van der Waals surface area contributed by atoms with Gasteiger partial charge in [0.15, 0.2) is 0 Å². The Morgan fingerprint density at radius 1 is 1.04 bits per heavy atom. The quantitative estimate of drug-likeness (QED) is 0.856. The molecule has 116 valence electrons. The predicted octanol–water partition coefficient (Wildman–Crippen LogP) is 2.65. The Morgan fingerprint density at radius 3 is 2.30 bits per heavy atom. The van der Waals surface area contributed by atoms with Crippen LogP contribution in [0.1, 0.15) is 34.3 Å². The van der Waals surface area contributed by atoms with E-state index in [0.29, 0.717) is 12.8 Å². The molecule has 0 radical (unpaired) electrons. The highest BCUT2D eigenvalue weighted by Gasteiger charge is 2.28. The fraction of sp³-hybridized carbons (Fsp3) is 0.167. The lowest BCUT2D eigenvalue weighted by atomic mass is 10.0. The third-order valence-electron chi connectivity index (χ3n) is 3.85. The molecule has 1 heterocycles. The van der Waals surface area contributed by atoms with E-state index in [1.54, 1.807) is 16.8 Å². The molecule has 0 aliphatic carbocycles. The largest absolute Gasteiger partial charge is 0.478 e. The monoisotopic (exact) mass is 309 g/mol. The van der Waals surface area contributed by atoms with Gasteiger partial charge in [-0.25, -0.2) is 4.79 Å². The Labute approximate surface area is 133 Å². The summed E-state index contributed by atoms with van der Waals surface area (Å²) >= 11 is 0. The molecule has 2 aromatic rings. The van der Waals surface area contributed by atoms with Crippen molar-refractivity contribution in [2.24, 2.45) is 0 Å². The maximum atomic E-state index is 11.8. The third kappa shape index (κ3) is 3.13. The van der Waals surface area contributed by atoms with Crippen molar-refractivity contribution in [2.75, 3.05) is 0 Å². The number of rotatable bonds is 3. The molecule has 1 amide bonds. The molecule has 0 fully saturated rings. The van der Waals surface area contributed by atoms with E-state index in [4.69, 9.17) is 5.11 Å². The van der Waals surface area contributed by atoms with Gasteiger partial charge in [-0.2, -0.15) is 0 Å². The van der Waals surface area contributed by atoms with E-state index >= 15 is 0 Å². The minimum atomic E-state index is -0.970. The molecule has 0 saturated heterocycles. The van der Waals surface area contributed by atoms with Crippen LogP contribution in [0.15, 0.2) is 48.5 Å². The number of aryl methyl sites for hydroxylation is 1. The maximum absolute atomic E-state index is 11.8. The van der Waals surface area contributed by atoms with Crippen molar-refractivity contribution in [1.82, 2.24) is 5.43 Å². The van der Waals surface area contributed by atoms with Gasteiger partial charge in [-0.3, -0.25) is 4.79 Å². The molecule has 2 N–H and O–H groups in total. The second kappa shape index (κ2) is 6.04. The number of hydrazone groups is 1. The zero-order valence-electron chi connectivity index (χ0n) is 12.7. The minimum absolute atomic E-state index is 0.0526. The molecular formula is C18H17N2O3+. The van der Waals surface area contributed by atoms with Crippen molar-refractivity contribution in [1.29, 1.82) is 0 Å². The fourth-order valence-corrected chi connectivity index (χ4v) is 2.58. The Hall–Kier alpha value is -2.95. The number of amides is 1. The van der Waals surface area contributed by atoms with Crippen LogP contribution in [0.2, 0.25) is 0 Å². The summed E-state index contributed by atoms with van der Waals surface area (Å²) < 4.78 is 1.74. The minimum Gasteiger partial charge on any atom is -0.478 e. The van der Waals surface area contributed by atoms with Crippen molar-refractivity contribution in [3.05, 3.63) is 65.2 Å². The lowest BCUT2D eigenvalue weighted by molar-refractivity contribution is -0.496. The zero-order chi connectivity index (χ0) is 16.4. The summed E-state index contributed by atoms with van der Waals surface area (Å²) in [5.41, 5.74) is 7.01. The van der Waals surface area contributed by atoms with Crippen LogP contribution in [-0.2, 0) is 4.79 Å². The number of carbonyl (C=O) groups excluding carboxylic acids is 1. The molecule has 0 unspecified atom stereocenters. The summed E-state index contributed by atoms with van der Waals surface area (Å²) in [5.74, 6) is -1.02. The molecule has 5 nitrogen and oxygen atoms in total. The molecule has 1 aliphatic rings. The highest BCUT2D eigenvalue weighted by Crippen LogP contribution is 2.19. The number of benzene rings is 2. The SMILES string of the molecule is Cc1ccc(C2=[N+](c3ccc(C(=O)O)cc3)NC(=O)CC2)cc1. The molecule has 0 bridgehead atoms. The zero-order valence-corrected chi connectivity index (χ0v) is 12.7. The van der Waals surface area contributed by atoms with Crippen molar-refractivity contribution in [3.8, 4) is 0 Å². The summed E-state index contributed by atoms with van der Waals surface area (Å²) in [4.78, 5) is 22.8. The molecule has 0 aromatic heterocycles. The standard InChI is InChI=1S/C18H16N2O3/c1-12-2-4-13(5-3-12)16-10-11-17(21)19-20(16)15-8-6-14(7-9-15)18(22)23/h2-9H,10-11H2,1H3,(H-,19,21,22,23)/p+1. The Morgan fingerprint density at radius 2 is 1.70 bits per heavy atom. The van der Waals surface area contributed by atoms with Crippen LogP contribution in [0.5, 0.6) is 0 Å². The average molecular weight is 309 g/mol. The summed E-state index contributed by atoms with van der Waals surface area (Å²) in [6.07, 6.45) is 1.07. The number of aromatic carboxylic acids is 1. The first-order chi connectivity index (χ1) is 11.0. The molecule has 0 saturated carbocycles. The van der Waals surface area contributed by atoms with Crippen LogP contribution in [0, 0.1) is 6.92 Å². The topological polar surface area (TPSA) is 69.4 Å². The lowest BCUT2D eigenvalue weighted by Crippen LogP contribution is -2.40. The van der Waals surface area contributed by atoms with E-state index in [0.717, 1.165) is 17.0 Å². The van der Waals surface area contributed by atoms with Gasteiger partial charge in [-0.15, -0.1) is 5.43 Å². The number of hydrogen-bond donors (Lipinski definition) is 2. The second-order valence-electron chi connectivity index (χ2n) is 5.54. The Balaban J connectivity index is 2.07. The smallest absolute Gasteiger partial charge is 0.335 e. The van der Waals surface area contributed by atoms with E-state index in [2.05, 4.69) is 5.43 Å². The number of nitrogens with zero attached hydrogens (tertiary/aromatic N) is 1. The van der Waals surface area contributed by atoms with Crippen LogP contribution in [0.4, 0.5) is 5.69 Å². The molecular weight excluding hydrogens is 292 g/mol. The number of hydrazine groups is 1. The number of hydrogen-bond acceptors (Lipinski definition) is 2. The summed E-state index contributed by atoms with van der Waals surface area (Å²) in [6.45, 7) is 2.03. The van der Waals surface area contributed by atoms with Gasteiger partial charge in [0.05, 0.1) is 5.56 Å². The third-order valence-corrected chi connectivity index (χ3v) is 3.85. The number of nitrogens with one attached hydrogen (secondary N) is 1. The lowest BCUT2D eigenvalue weighted by Gasteiger charge is -2.14. The van der Waals surface area contributed by atoms with Crippen molar-refractivity contribution in [2.45, 2.75) is 19.8 Å². The van der Waals surface area contributed by atoms with Crippen molar-refractivity contribution < 1.29 is 19.4 Å². The number of carbonyl (C=O) groups is 2. The van der Waals surface area contributed by atoms with Crippen molar-refractivity contribution >= 4 is 23.3 Å². The van der Waals surface area contributed by atoms with Gasteiger partial charge in [-0.05, 0) is 31.2 Å². The highest BCUT2D eigenvalue weighted by molar-refractivity contribution is 6.00. The van der Waals surface area contributed by atoms with Crippen LogP contribution < -0.4 is 5.43 Å². The van der Waals surface area contributed by atoms with E-state index < -0.39 is 5.97 Å². The van der Waals surface area contributed by atoms with E-state index in [9.17, 15) is 9.59 Å². The predicted molar refractivity (Wildman–Crippen MR) is 86.0 cm³/mol. The second-order valence-corrected chi connectivity index (χ2v) is 5.54. The van der Waals surface area contributed by atoms with Crippen LogP contribution >= 0.6 is 0 Å².